The van der Waals surface area contributed by atoms with Crippen LogP contribution in [0.1, 0.15) is 105 Å². The number of nitrogens with zero attached hydrogens (tertiary/aromatic N) is 2. The van der Waals surface area contributed by atoms with E-state index in [9.17, 15) is 18.0 Å². The summed E-state index contributed by atoms with van der Waals surface area (Å²) < 4.78 is 36.2. The number of hydrogen-bond donors (Lipinski definition) is 0. The van der Waals surface area contributed by atoms with Gasteiger partial charge in [-0.15, -0.1) is 0 Å². The largest absolute Gasteiger partial charge is 0.446 e. The number of para-hydroxylation sites is 1. The Morgan fingerprint density at radius 3 is 2.00 bits per heavy atom. The maximum atomic E-state index is 14.9. The fourth-order valence-electron chi connectivity index (χ4n) is 10.1. The van der Waals surface area contributed by atoms with Crippen molar-refractivity contribution < 1.29 is 22.7 Å². The molecule has 6 rings (SSSR count). The number of aromatic nitrogens is 1. The van der Waals surface area contributed by atoms with E-state index in [1.165, 1.54) is 9.54 Å². The van der Waals surface area contributed by atoms with Crippen molar-refractivity contribution in [1.29, 1.82) is 0 Å². The SMILES string of the molecule is CC(C)[Si](C1=CN(C(=O)O[C@H]2CCCC[C@@H]2C(C)(C)c2ccccc2)[C@H](c2cn(S(=O)(=O)c3ccccc3)c3ccccc23)CC1=O)(C(C)C)C(C)C. The minimum Gasteiger partial charge on any atom is -0.446 e. The van der Waals surface area contributed by atoms with Crippen LogP contribution < -0.4 is 0 Å². The standard InChI is InChI=1S/C44H56N2O5SSi/c1-30(2)53(31(3)4,32(5)6)42-29-45(43(48)51-41-26-18-16-24-37(41)44(7,8)33-19-11-9-12-20-33)39(27-40(42)47)36-28-46(38-25-17-15-23-35(36)38)52(49,50)34-21-13-10-14-22-34/h9-15,17,19-23,25,28-32,37,39,41H,16,18,24,26-27H2,1-8H3/t37-,39-,41-/m0/s1. The molecular weight excluding hydrogens is 697 g/mol. The molecule has 4 aromatic rings. The summed E-state index contributed by atoms with van der Waals surface area (Å²) in [7, 11) is -6.50. The van der Waals surface area contributed by atoms with Gasteiger partial charge in [0.15, 0.2) is 5.78 Å². The van der Waals surface area contributed by atoms with Crippen molar-refractivity contribution >= 4 is 40.9 Å². The highest BCUT2D eigenvalue weighted by molar-refractivity contribution is 7.90. The molecule has 3 atom stereocenters. The highest BCUT2D eigenvalue weighted by Gasteiger charge is 2.51. The lowest BCUT2D eigenvalue weighted by Crippen LogP contribution is -2.52. The maximum Gasteiger partial charge on any atom is 0.414 e. The molecule has 1 fully saturated rings. The Balaban J connectivity index is 1.50. The zero-order chi connectivity index (χ0) is 38.3. The third-order valence-corrected chi connectivity index (χ3v) is 21.4. The van der Waals surface area contributed by atoms with E-state index in [0.29, 0.717) is 16.5 Å². The first kappa shape index (κ1) is 38.8. The number of ketones is 1. The monoisotopic (exact) mass is 752 g/mol. The van der Waals surface area contributed by atoms with Crippen molar-refractivity contribution in [2.24, 2.45) is 5.92 Å². The summed E-state index contributed by atoms with van der Waals surface area (Å²) in [5, 5.41) is 1.46. The fourth-order valence-corrected chi connectivity index (χ4v) is 18.3. The van der Waals surface area contributed by atoms with Crippen molar-refractivity contribution in [1.82, 2.24) is 8.87 Å². The van der Waals surface area contributed by atoms with Gasteiger partial charge < -0.3 is 4.74 Å². The molecule has 1 aromatic heterocycles. The van der Waals surface area contributed by atoms with Crippen LogP contribution >= 0.6 is 0 Å². The number of benzene rings is 3. The number of allylic oxidation sites excluding steroid dienone is 1. The van der Waals surface area contributed by atoms with Crippen LogP contribution in [0.2, 0.25) is 16.6 Å². The number of carbonyl (C=O) groups excluding carboxylic acids is 2. The Kier molecular flexibility index (Phi) is 11.0. The molecule has 53 heavy (non-hydrogen) atoms. The van der Waals surface area contributed by atoms with Gasteiger partial charge in [-0.2, -0.15) is 0 Å². The zero-order valence-corrected chi connectivity index (χ0v) is 34.4. The number of fused-ring (bicyclic) bond motifs is 1. The van der Waals surface area contributed by atoms with E-state index < -0.39 is 30.2 Å². The summed E-state index contributed by atoms with van der Waals surface area (Å²) in [6.45, 7) is 17.8. The molecule has 0 spiro atoms. The second-order valence-electron chi connectivity index (χ2n) is 16.6. The fraction of sp³-hybridized carbons (Fsp3) is 0.455. The zero-order valence-electron chi connectivity index (χ0n) is 32.6. The van der Waals surface area contributed by atoms with Gasteiger partial charge in [0.25, 0.3) is 10.0 Å². The van der Waals surface area contributed by atoms with Crippen molar-refractivity contribution in [3.05, 3.63) is 114 Å². The van der Waals surface area contributed by atoms with Crippen LogP contribution in [0.5, 0.6) is 0 Å². The van der Waals surface area contributed by atoms with Gasteiger partial charge in [0.05, 0.1) is 16.5 Å². The van der Waals surface area contributed by atoms with Crippen LogP contribution in [0.4, 0.5) is 4.79 Å². The normalized spacial score (nSPS) is 20.4. The lowest BCUT2D eigenvalue weighted by atomic mass is 9.66. The Bertz CT molecular complexity index is 2060. The van der Waals surface area contributed by atoms with Gasteiger partial charge in [0.2, 0.25) is 0 Å². The molecule has 3 aromatic carbocycles. The van der Waals surface area contributed by atoms with Crippen molar-refractivity contribution in [2.45, 2.75) is 127 Å². The first-order chi connectivity index (χ1) is 25.1. The number of hydrogen-bond acceptors (Lipinski definition) is 5. The van der Waals surface area contributed by atoms with E-state index in [0.717, 1.165) is 30.9 Å². The predicted molar refractivity (Wildman–Crippen MR) is 216 cm³/mol. The molecule has 0 bridgehead atoms. The minimum atomic E-state index is -3.99. The molecule has 282 valence electrons. The third kappa shape index (κ3) is 6.84. The molecule has 0 radical (unpaired) electrons. The lowest BCUT2D eigenvalue weighted by molar-refractivity contribution is -0.116. The van der Waals surface area contributed by atoms with E-state index in [-0.39, 0.29) is 51.2 Å². The maximum absolute atomic E-state index is 14.9. The Labute approximate surface area is 317 Å². The summed E-state index contributed by atoms with van der Waals surface area (Å²) in [5.74, 6) is 0.134. The van der Waals surface area contributed by atoms with Crippen LogP contribution in [0.3, 0.4) is 0 Å². The molecule has 1 aliphatic carbocycles. The van der Waals surface area contributed by atoms with E-state index in [2.05, 4.69) is 79.7 Å². The van der Waals surface area contributed by atoms with Gasteiger partial charge in [-0.05, 0) is 70.3 Å². The predicted octanol–water partition coefficient (Wildman–Crippen LogP) is 11.0. The van der Waals surface area contributed by atoms with Crippen LogP contribution in [-0.2, 0) is 25.0 Å². The molecule has 0 saturated heterocycles. The van der Waals surface area contributed by atoms with Crippen LogP contribution in [-0.4, -0.2) is 43.3 Å². The molecule has 0 N–H and O–H groups in total. The van der Waals surface area contributed by atoms with Crippen molar-refractivity contribution in [3.63, 3.8) is 0 Å². The third-order valence-electron chi connectivity index (χ3n) is 12.6. The van der Waals surface area contributed by atoms with E-state index in [4.69, 9.17) is 4.74 Å². The highest BCUT2D eigenvalue weighted by atomic mass is 32.2. The summed E-state index contributed by atoms with van der Waals surface area (Å²) in [6.07, 6.45) is 6.44. The molecule has 2 aliphatic rings. The number of amides is 1. The number of ether oxygens (including phenoxy) is 1. The molecular formula is C44H56N2O5SSi. The Morgan fingerprint density at radius 1 is 0.811 bits per heavy atom. The second-order valence-corrected chi connectivity index (χ2v) is 24.3. The number of carbonyl (C=O) groups is 2. The van der Waals surface area contributed by atoms with Gasteiger partial charge in [-0.1, -0.05) is 129 Å². The molecule has 9 heteroatoms. The average Bonchev–Trinajstić information content (AvgIpc) is 3.53. The average molecular weight is 753 g/mol. The van der Waals surface area contributed by atoms with E-state index in [1.807, 2.05) is 30.5 Å². The molecule has 1 amide bonds. The number of Topliss-reactive ketones (excluding diaryl/α,β-unsaturated/α-hetero) is 1. The van der Waals surface area contributed by atoms with Crippen molar-refractivity contribution in [2.75, 3.05) is 0 Å². The van der Waals surface area contributed by atoms with Gasteiger partial charge in [-0.3, -0.25) is 9.69 Å². The highest BCUT2D eigenvalue weighted by Crippen LogP contribution is 2.50. The summed E-state index contributed by atoms with van der Waals surface area (Å²) in [5.41, 5.74) is 2.83. The van der Waals surface area contributed by atoms with Gasteiger partial charge in [-0.25, -0.2) is 17.2 Å². The molecule has 1 aliphatic heterocycles. The molecule has 0 unspecified atom stereocenters. The first-order valence-electron chi connectivity index (χ1n) is 19.3. The Morgan fingerprint density at radius 2 is 1.38 bits per heavy atom. The van der Waals surface area contributed by atoms with E-state index >= 15 is 0 Å². The quantitative estimate of drug-likeness (QED) is 0.151. The van der Waals surface area contributed by atoms with Crippen LogP contribution in [0, 0.1) is 5.92 Å². The van der Waals surface area contributed by atoms with Crippen molar-refractivity contribution in [3.8, 4) is 0 Å². The smallest absolute Gasteiger partial charge is 0.414 e. The van der Waals surface area contributed by atoms with Crippen LogP contribution in [0.15, 0.2) is 107 Å². The van der Waals surface area contributed by atoms with Crippen LogP contribution in [0.25, 0.3) is 10.9 Å². The minimum absolute atomic E-state index is 0.0327. The van der Waals surface area contributed by atoms with Gasteiger partial charge in [0.1, 0.15) is 14.2 Å². The second kappa shape index (κ2) is 15.1. The summed E-state index contributed by atoms with van der Waals surface area (Å²) >= 11 is 0. The number of rotatable bonds is 10. The molecule has 2 heterocycles. The summed E-state index contributed by atoms with van der Waals surface area (Å²) in [4.78, 5) is 31.4. The summed E-state index contributed by atoms with van der Waals surface area (Å²) in [6, 6.07) is 25.4. The first-order valence-corrected chi connectivity index (χ1v) is 23.0. The lowest BCUT2D eigenvalue weighted by Gasteiger charge is -2.47. The molecule has 7 nitrogen and oxygen atoms in total. The molecule has 1 saturated carbocycles. The van der Waals surface area contributed by atoms with Gasteiger partial charge >= 0.3 is 6.09 Å². The topological polar surface area (TPSA) is 85.7 Å². The Hall–Kier alpha value is -3.95. The van der Waals surface area contributed by atoms with E-state index in [1.54, 1.807) is 47.5 Å². The van der Waals surface area contributed by atoms with Gasteiger partial charge in [0, 0.05) is 35.7 Å².